The van der Waals surface area contributed by atoms with Gasteiger partial charge in [0.1, 0.15) is 12.4 Å². The van der Waals surface area contributed by atoms with Gasteiger partial charge in [0.15, 0.2) is 5.96 Å². The zero-order chi connectivity index (χ0) is 16.3. The fourth-order valence-corrected chi connectivity index (χ4v) is 2.01. The first kappa shape index (κ1) is 16.8. The van der Waals surface area contributed by atoms with Crippen LogP contribution < -0.4 is 15.4 Å². The van der Waals surface area contributed by atoms with Gasteiger partial charge >= 0.3 is 0 Å². The van der Waals surface area contributed by atoms with Gasteiger partial charge in [0.25, 0.3) is 0 Å². The Morgan fingerprint density at radius 1 is 1.04 bits per heavy atom. The van der Waals surface area contributed by atoms with Gasteiger partial charge < -0.3 is 15.4 Å². The summed E-state index contributed by atoms with van der Waals surface area (Å²) < 4.78 is 5.73. The molecule has 0 saturated carbocycles. The molecule has 2 aromatic rings. The van der Waals surface area contributed by atoms with Crippen LogP contribution in [0.1, 0.15) is 25.1 Å². The molecule has 122 valence electrons. The third-order valence-corrected chi connectivity index (χ3v) is 3.14. The van der Waals surface area contributed by atoms with Crippen LogP contribution >= 0.6 is 0 Å². The second-order valence-electron chi connectivity index (χ2n) is 4.98. The Kier molecular flexibility index (Phi) is 6.91. The van der Waals surface area contributed by atoms with Crippen molar-refractivity contribution in [3.8, 4) is 5.75 Å². The molecule has 2 N–H and O–H groups in total. The zero-order valence-electron chi connectivity index (χ0n) is 13.7. The molecule has 0 atom stereocenters. The van der Waals surface area contributed by atoms with Gasteiger partial charge in [-0.15, -0.1) is 0 Å². The Morgan fingerprint density at radius 3 is 2.39 bits per heavy atom. The number of ether oxygens (including phenoxy) is 1. The van der Waals surface area contributed by atoms with E-state index in [2.05, 4.69) is 34.5 Å². The first-order valence-electron chi connectivity index (χ1n) is 7.95. The average Bonchev–Trinajstić information content (AvgIpc) is 2.60. The highest BCUT2D eigenvalue weighted by Crippen LogP contribution is 2.14. The van der Waals surface area contributed by atoms with E-state index >= 15 is 0 Å². The van der Waals surface area contributed by atoms with Gasteiger partial charge in [0.05, 0.1) is 12.2 Å². The molecule has 1 heterocycles. The molecule has 5 heteroatoms. The van der Waals surface area contributed by atoms with Crippen molar-refractivity contribution in [3.05, 3.63) is 59.9 Å². The fourth-order valence-electron chi connectivity index (χ4n) is 2.01. The number of nitrogens with one attached hydrogen (secondary N) is 2. The number of hydrogen-bond acceptors (Lipinski definition) is 3. The molecule has 5 nitrogen and oxygen atoms in total. The van der Waals surface area contributed by atoms with E-state index in [0.29, 0.717) is 13.2 Å². The maximum Gasteiger partial charge on any atom is 0.191 e. The number of aromatic nitrogens is 1. The highest BCUT2D eigenvalue weighted by Gasteiger charge is 1.99. The maximum absolute atomic E-state index is 5.73. The number of rotatable bonds is 7. The number of nitrogens with zero attached hydrogens (tertiary/aromatic N) is 2. The second-order valence-corrected chi connectivity index (χ2v) is 4.98. The van der Waals surface area contributed by atoms with E-state index in [1.807, 2.05) is 42.5 Å². The monoisotopic (exact) mass is 312 g/mol. The summed E-state index contributed by atoms with van der Waals surface area (Å²) in [4.78, 5) is 8.78. The van der Waals surface area contributed by atoms with Crippen LogP contribution in [0.15, 0.2) is 53.7 Å². The smallest absolute Gasteiger partial charge is 0.191 e. The summed E-state index contributed by atoms with van der Waals surface area (Å²) in [5.74, 6) is 1.67. The van der Waals surface area contributed by atoms with Crippen LogP contribution in [-0.2, 0) is 13.2 Å². The summed E-state index contributed by atoms with van der Waals surface area (Å²) in [6.07, 6.45) is 1.77. The highest BCUT2D eigenvalue weighted by molar-refractivity contribution is 5.79. The Labute approximate surface area is 137 Å². The third kappa shape index (κ3) is 5.98. The fraction of sp³-hybridized carbons (Fsp3) is 0.333. The van der Waals surface area contributed by atoms with Gasteiger partial charge in [-0.1, -0.05) is 18.2 Å². The summed E-state index contributed by atoms with van der Waals surface area (Å²) >= 11 is 0. The van der Waals surface area contributed by atoms with E-state index in [4.69, 9.17) is 4.74 Å². The number of guanidine groups is 1. The number of hydrogen-bond donors (Lipinski definition) is 2. The molecule has 23 heavy (non-hydrogen) atoms. The minimum absolute atomic E-state index is 0.476. The molecule has 0 aliphatic carbocycles. The van der Waals surface area contributed by atoms with Gasteiger partial charge in [-0.2, -0.15) is 0 Å². The third-order valence-electron chi connectivity index (χ3n) is 3.14. The molecule has 0 spiro atoms. The van der Waals surface area contributed by atoms with E-state index in [9.17, 15) is 0 Å². The molecular weight excluding hydrogens is 288 g/mol. The van der Waals surface area contributed by atoms with E-state index in [1.54, 1.807) is 6.20 Å². The van der Waals surface area contributed by atoms with Gasteiger partial charge in [-0.25, -0.2) is 4.99 Å². The molecular formula is C18H24N4O. The molecule has 0 fully saturated rings. The lowest BCUT2D eigenvalue weighted by Crippen LogP contribution is -2.36. The van der Waals surface area contributed by atoms with Crippen LogP contribution in [0, 0.1) is 0 Å². The lowest BCUT2D eigenvalue weighted by molar-refractivity contribution is 0.301. The molecule has 1 aromatic carbocycles. The quantitative estimate of drug-likeness (QED) is 0.610. The Bertz CT molecular complexity index is 588. The minimum Gasteiger partial charge on any atom is -0.487 e. The van der Waals surface area contributed by atoms with Crippen molar-refractivity contribution in [2.45, 2.75) is 27.0 Å². The van der Waals surface area contributed by atoms with E-state index in [0.717, 1.165) is 36.1 Å². The lowest BCUT2D eigenvalue weighted by Gasteiger charge is -2.09. The van der Waals surface area contributed by atoms with Crippen molar-refractivity contribution in [1.82, 2.24) is 15.6 Å². The Morgan fingerprint density at radius 2 is 1.78 bits per heavy atom. The average molecular weight is 312 g/mol. The Hall–Kier alpha value is -2.56. The van der Waals surface area contributed by atoms with Crippen molar-refractivity contribution in [3.63, 3.8) is 0 Å². The molecule has 0 bridgehead atoms. The molecule has 0 aliphatic rings. The van der Waals surface area contributed by atoms with Crippen LogP contribution in [-0.4, -0.2) is 24.0 Å². The van der Waals surface area contributed by atoms with Gasteiger partial charge in [0.2, 0.25) is 0 Å². The lowest BCUT2D eigenvalue weighted by atomic mass is 10.2. The topological polar surface area (TPSA) is 58.5 Å². The summed E-state index contributed by atoms with van der Waals surface area (Å²) in [5.41, 5.74) is 2.06. The molecule has 0 unspecified atom stereocenters. The molecule has 2 rings (SSSR count). The van der Waals surface area contributed by atoms with Crippen molar-refractivity contribution >= 4 is 5.96 Å². The summed E-state index contributed by atoms with van der Waals surface area (Å²) in [6, 6.07) is 13.8. The molecule has 0 aliphatic heterocycles. The van der Waals surface area contributed by atoms with Gasteiger partial charge in [-0.05, 0) is 43.7 Å². The van der Waals surface area contributed by atoms with Crippen LogP contribution in [0.2, 0.25) is 0 Å². The highest BCUT2D eigenvalue weighted by atomic mass is 16.5. The van der Waals surface area contributed by atoms with E-state index in [-0.39, 0.29) is 0 Å². The molecule has 1 aromatic heterocycles. The van der Waals surface area contributed by atoms with Gasteiger partial charge in [0, 0.05) is 19.3 Å². The minimum atomic E-state index is 0.476. The maximum atomic E-state index is 5.73. The predicted octanol–water partition coefficient (Wildman–Crippen LogP) is 2.74. The van der Waals surface area contributed by atoms with Crippen molar-refractivity contribution < 1.29 is 4.74 Å². The SMILES string of the molecule is CCNC(=NCc1ccc(OCc2ccccn2)cc1)NCC. The molecule has 0 saturated heterocycles. The van der Waals surface area contributed by atoms with Crippen molar-refractivity contribution in [1.29, 1.82) is 0 Å². The second kappa shape index (κ2) is 9.46. The summed E-state index contributed by atoms with van der Waals surface area (Å²) in [7, 11) is 0. The standard InChI is InChI=1S/C18H24N4O/c1-3-19-18(20-4-2)22-13-15-8-10-17(11-9-15)23-14-16-7-5-6-12-21-16/h5-12H,3-4,13-14H2,1-2H3,(H2,19,20,22). The Balaban J connectivity index is 1.87. The predicted molar refractivity (Wildman–Crippen MR) is 93.5 cm³/mol. The van der Waals surface area contributed by atoms with E-state index in [1.165, 1.54) is 0 Å². The van der Waals surface area contributed by atoms with Crippen LogP contribution in [0.3, 0.4) is 0 Å². The summed E-state index contributed by atoms with van der Waals surface area (Å²) in [5, 5.41) is 6.42. The van der Waals surface area contributed by atoms with Gasteiger partial charge in [-0.3, -0.25) is 4.98 Å². The van der Waals surface area contributed by atoms with Crippen LogP contribution in [0.4, 0.5) is 0 Å². The van der Waals surface area contributed by atoms with Crippen LogP contribution in [0.5, 0.6) is 5.75 Å². The summed E-state index contributed by atoms with van der Waals surface area (Å²) in [6.45, 7) is 6.93. The first-order chi connectivity index (χ1) is 11.3. The molecule has 0 radical (unpaired) electrons. The normalized spacial score (nSPS) is 10.0. The number of benzene rings is 1. The zero-order valence-corrected chi connectivity index (χ0v) is 13.7. The number of aliphatic imine (C=N–C) groups is 1. The van der Waals surface area contributed by atoms with Crippen molar-refractivity contribution in [2.75, 3.05) is 13.1 Å². The number of pyridine rings is 1. The van der Waals surface area contributed by atoms with E-state index < -0.39 is 0 Å². The first-order valence-corrected chi connectivity index (χ1v) is 7.95. The van der Waals surface area contributed by atoms with Crippen LogP contribution in [0.25, 0.3) is 0 Å². The largest absolute Gasteiger partial charge is 0.487 e. The molecule has 0 amide bonds. The van der Waals surface area contributed by atoms with Crippen molar-refractivity contribution in [2.24, 2.45) is 4.99 Å².